The van der Waals surface area contributed by atoms with Crippen LogP contribution in [0.25, 0.3) is 10.2 Å². The summed E-state index contributed by atoms with van der Waals surface area (Å²) in [4.78, 5) is 42.5. The van der Waals surface area contributed by atoms with Crippen molar-refractivity contribution in [2.45, 2.75) is 19.0 Å². The molecule has 172 valence electrons. The highest BCUT2D eigenvalue weighted by atomic mass is 32.1. The Morgan fingerprint density at radius 1 is 0.971 bits per heavy atom. The molecule has 0 radical (unpaired) electrons. The Labute approximate surface area is 200 Å². The number of rotatable bonds is 3. The van der Waals surface area contributed by atoms with Gasteiger partial charge in [-0.1, -0.05) is 24.3 Å². The van der Waals surface area contributed by atoms with Crippen LogP contribution in [0.3, 0.4) is 0 Å². The van der Waals surface area contributed by atoms with E-state index in [0.717, 1.165) is 27.2 Å². The van der Waals surface area contributed by atoms with Crippen molar-refractivity contribution in [3.05, 3.63) is 77.3 Å². The molecule has 1 unspecified atom stereocenters. The van der Waals surface area contributed by atoms with E-state index in [9.17, 15) is 9.59 Å². The average Bonchev–Trinajstić information content (AvgIpc) is 3.59. The molecule has 0 spiro atoms. The van der Waals surface area contributed by atoms with Gasteiger partial charge in [-0.25, -0.2) is 9.97 Å². The molecule has 0 N–H and O–H groups in total. The minimum Gasteiger partial charge on any atom is -0.459 e. The highest BCUT2D eigenvalue weighted by Crippen LogP contribution is 2.29. The highest BCUT2D eigenvalue weighted by Gasteiger charge is 2.38. The molecule has 2 aliphatic rings. The third-order valence-electron chi connectivity index (χ3n) is 6.66. The van der Waals surface area contributed by atoms with Crippen LogP contribution in [0.5, 0.6) is 0 Å². The van der Waals surface area contributed by atoms with Crippen LogP contribution < -0.4 is 4.90 Å². The van der Waals surface area contributed by atoms with Crippen LogP contribution in [-0.4, -0.2) is 63.8 Å². The van der Waals surface area contributed by atoms with Gasteiger partial charge in [0, 0.05) is 39.1 Å². The van der Waals surface area contributed by atoms with E-state index in [0.29, 0.717) is 39.1 Å². The molecule has 2 aliphatic heterocycles. The van der Waals surface area contributed by atoms with Crippen LogP contribution in [0.1, 0.15) is 21.7 Å². The lowest BCUT2D eigenvalue weighted by Crippen LogP contribution is -2.57. The van der Waals surface area contributed by atoms with Crippen LogP contribution in [0.4, 0.5) is 5.82 Å². The van der Waals surface area contributed by atoms with Gasteiger partial charge in [0.15, 0.2) is 5.76 Å². The lowest BCUT2D eigenvalue weighted by Gasteiger charge is -2.41. The van der Waals surface area contributed by atoms with E-state index in [-0.39, 0.29) is 17.6 Å². The number of benzene rings is 1. The minimum atomic E-state index is -0.554. The average molecular weight is 474 g/mol. The summed E-state index contributed by atoms with van der Waals surface area (Å²) in [6.45, 7) is 2.92. The molecule has 1 fully saturated rings. The predicted molar refractivity (Wildman–Crippen MR) is 129 cm³/mol. The molecule has 2 amide bonds. The number of fused-ring (bicyclic) bond motifs is 2. The fourth-order valence-corrected chi connectivity index (χ4v) is 5.60. The molecule has 1 atom stereocenters. The Balaban J connectivity index is 1.22. The SMILES string of the molecule is O=C(C1Cc2ccccc2CN1C(=O)c1ccco1)N1CCN(c2ncnc3sccc23)CC1. The number of carbonyl (C=O) groups excluding carboxylic acids is 2. The van der Waals surface area contributed by atoms with Crippen LogP contribution >= 0.6 is 11.3 Å². The van der Waals surface area contributed by atoms with Crippen molar-refractivity contribution in [1.82, 2.24) is 19.8 Å². The molecule has 3 aromatic heterocycles. The van der Waals surface area contributed by atoms with Crippen LogP contribution in [0, 0.1) is 0 Å². The molecule has 0 saturated carbocycles. The third-order valence-corrected chi connectivity index (χ3v) is 7.48. The first-order valence-electron chi connectivity index (χ1n) is 11.3. The topological polar surface area (TPSA) is 82.8 Å². The summed E-state index contributed by atoms with van der Waals surface area (Å²) >= 11 is 1.60. The zero-order chi connectivity index (χ0) is 23.1. The lowest BCUT2D eigenvalue weighted by molar-refractivity contribution is -0.137. The first kappa shape index (κ1) is 20.9. The second-order valence-corrected chi connectivity index (χ2v) is 9.44. The summed E-state index contributed by atoms with van der Waals surface area (Å²) < 4.78 is 5.37. The molecule has 1 saturated heterocycles. The van der Waals surface area contributed by atoms with Crippen molar-refractivity contribution in [3.63, 3.8) is 0 Å². The number of carbonyl (C=O) groups is 2. The molecule has 9 heteroatoms. The lowest BCUT2D eigenvalue weighted by atomic mass is 9.92. The Hall–Kier alpha value is -3.72. The van der Waals surface area contributed by atoms with Crippen molar-refractivity contribution < 1.29 is 14.0 Å². The molecule has 8 nitrogen and oxygen atoms in total. The maximum Gasteiger partial charge on any atom is 0.290 e. The largest absolute Gasteiger partial charge is 0.459 e. The van der Waals surface area contributed by atoms with Gasteiger partial charge in [0.2, 0.25) is 5.91 Å². The Bertz CT molecular complexity index is 1340. The van der Waals surface area contributed by atoms with E-state index in [2.05, 4.69) is 14.9 Å². The summed E-state index contributed by atoms with van der Waals surface area (Å²) in [5.41, 5.74) is 2.18. The number of amides is 2. The highest BCUT2D eigenvalue weighted by molar-refractivity contribution is 7.16. The monoisotopic (exact) mass is 473 g/mol. The van der Waals surface area contributed by atoms with Crippen LogP contribution in [0.15, 0.2) is 64.9 Å². The molecule has 1 aromatic carbocycles. The van der Waals surface area contributed by atoms with Gasteiger partial charge in [0.25, 0.3) is 5.91 Å². The van der Waals surface area contributed by atoms with Gasteiger partial charge < -0.3 is 19.1 Å². The minimum absolute atomic E-state index is 0.0163. The van der Waals surface area contributed by atoms with Gasteiger partial charge >= 0.3 is 0 Å². The molecule has 5 heterocycles. The van der Waals surface area contributed by atoms with Crippen molar-refractivity contribution in [1.29, 1.82) is 0 Å². The summed E-state index contributed by atoms with van der Waals surface area (Å²) in [5, 5.41) is 3.07. The van der Waals surface area contributed by atoms with Gasteiger partial charge in [0.05, 0.1) is 11.6 Å². The van der Waals surface area contributed by atoms with E-state index in [1.165, 1.54) is 6.26 Å². The molecule has 0 aliphatic carbocycles. The molecule has 34 heavy (non-hydrogen) atoms. The maximum absolute atomic E-state index is 13.7. The first-order valence-corrected chi connectivity index (χ1v) is 12.2. The maximum atomic E-state index is 13.7. The Morgan fingerprint density at radius 2 is 1.79 bits per heavy atom. The van der Waals surface area contributed by atoms with Gasteiger partial charge in [-0.15, -0.1) is 11.3 Å². The van der Waals surface area contributed by atoms with Crippen LogP contribution in [0.2, 0.25) is 0 Å². The summed E-state index contributed by atoms with van der Waals surface area (Å²) in [6, 6.07) is 12.8. The van der Waals surface area contributed by atoms with Crippen LogP contribution in [-0.2, 0) is 17.8 Å². The predicted octanol–water partition coefficient (Wildman–Crippen LogP) is 3.20. The molecule has 4 aromatic rings. The van der Waals surface area contributed by atoms with Crippen molar-refractivity contribution in [2.75, 3.05) is 31.1 Å². The quantitative estimate of drug-likeness (QED) is 0.455. The molecule has 6 rings (SSSR count). The van der Waals surface area contributed by atoms with Gasteiger partial charge in [-0.3, -0.25) is 9.59 Å². The zero-order valence-corrected chi connectivity index (χ0v) is 19.3. The number of nitrogens with zero attached hydrogens (tertiary/aromatic N) is 5. The third kappa shape index (κ3) is 3.62. The standard InChI is InChI=1S/C25H23N5O3S/c31-24(29-10-8-28(9-11-29)22-19-7-13-34-23(19)27-16-26-22)20-14-17-4-1-2-5-18(17)15-30(20)25(32)21-6-3-12-33-21/h1-7,12-13,16,20H,8-11,14-15H2. The summed E-state index contributed by atoms with van der Waals surface area (Å²) in [7, 11) is 0. The van der Waals surface area contributed by atoms with E-state index in [1.54, 1.807) is 34.7 Å². The van der Waals surface area contributed by atoms with Crippen molar-refractivity contribution >= 4 is 39.2 Å². The number of piperazine rings is 1. The number of thiophene rings is 1. The fraction of sp³-hybridized carbons (Fsp3) is 0.280. The number of hydrogen-bond acceptors (Lipinski definition) is 7. The normalized spacial score (nSPS) is 18.2. The van der Waals surface area contributed by atoms with Crippen molar-refractivity contribution in [3.8, 4) is 0 Å². The van der Waals surface area contributed by atoms with E-state index < -0.39 is 6.04 Å². The number of aromatic nitrogens is 2. The first-order chi connectivity index (χ1) is 16.7. The smallest absolute Gasteiger partial charge is 0.290 e. The van der Waals surface area contributed by atoms with Crippen molar-refractivity contribution in [2.24, 2.45) is 0 Å². The van der Waals surface area contributed by atoms with E-state index in [4.69, 9.17) is 4.42 Å². The fourth-order valence-electron chi connectivity index (χ4n) is 4.88. The second kappa shape index (κ2) is 8.57. The number of hydrogen-bond donors (Lipinski definition) is 0. The van der Waals surface area contributed by atoms with E-state index in [1.807, 2.05) is 40.6 Å². The van der Waals surface area contributed by atoms with Gasteiger partial charge in [-0.05, 0) is 34.7 Å². The summed E-state index contributed by atoms with van der Waals surface area (Å²) in [5.74, 6) is 0.903. The van der Waals surface area contributed by atoms with Gasteiger partial charge in [-0.2, -0.15) is 0 Å². The second-order valence-electron chi connectivity index (χ2n) is 8.55. The van der Waals surface area contributed by atoms with E-state index >= 15 is 0 Å². The molecular formula is C25H23N5O3S. The molecule has 0 bridgehead atoms. The zero-order valence-electron chi connectivity index (χ0n) is 18.5. The number of furan rings is 1. The summed E-state index contributed by atoms with van der Waals surface area (Å²) in [6.07, 6.45) is 3.59. The molecular weight excluding hydrogens is 450 g/mol. The number of anilines is 1. The Morgan fingerprint density at radius 3 is 2.59 bits per heavy atom. The van der Waals surface area contributed by atoms with Gasteiger partial charge in [0.1, 0.15) is 23.0 Å². The Kier molecular flexibility index (Phi) is 5.26.